The van der Waals surface area contributed by atoms with Crippen molar-refractivity contribution in [3.8, 4) is 5.75 Å². The van der Waals surface area contributed by atoms with Gasteiger partial charge in [0.05, 0.1) is 7.11 Å². The number of fused-ring (bicyclic) bond motifs is 2. The molecule has 32 heavy (non-hydrogen) atoms. The first-order valence-corrected chi connectivity index (χ1v) is 10.8. The molecule has 2 amide bonds. The average Bonchev–Trinajstić information content (AvgIpc) is 3.50. The Morgan fingerprint density at radius 1 is 1.03 bits per heavy atom. The second-order valence-corrected chi connectivity index (χ2v) is 8.69. The highest BCUT2D eigenvalue weighted by Gasteiger charge is 2.42. The van der Waals surface area contributed by atoms with E-state index in [1.807, 2.05) is 15.9 Å². The van der Waals surface area contributed by atoms with Crippen LogP contribution in [0.15, 0.2) is 42.5 Å². The summed E-state index contributed by atoms with van der Waals surface area (Å²) in [5, 5.41) is 11.2. The highest BCUT2D eigenvalue weighted by Crippen LogP contribution is 2.32. The van der Waals surface area contributed by atoms with Gasteiger partial charge in [-0.25, -0.2) is 0 Å². The molecule has 0 radical (unpaired) electrons. The highest BCUT2D eigenvalue weighted by molar-refractivity contribution is 6.30. The third kappa shape index (κ3) is 3.93. The summed E-state index contributed by atoms with van der Waals surface area (Å²) < 4.78 is 5.22. The molecule has 9 heteroatoms. The maximum atomic E-state index is 13.0. The van der Waals surface area contributed by atoms with Crippen LogP contribution in [-0.2, 0) is 4.79 Å². The number of aromatic nitrogens is 3. The lowest BCUT2D eigenvalue weighted by Crippen LogP contribution is -2.35. The van der Waals surface area contributed by atoms with Crippen LogP contribution in [0, 0.1) is 11.8 Å². The molecule has 0 bridgehead atoms. The molecule has 2 fully saturated rings. The lowest BCUT2D eigenvalue weighted by Gasteiger charge is -2.21. The van der Waals surface area contributed by atoms with Crippen LogP contribution in [0.1, 0.15) is 15.9 Å². The molecule has 5 rings (SSSR count). The Hall–Kier alpha value is -3.39. The Kier molecular flexibility index (Phi) is 5.30. The van der Waals surface area contributed by atoms with Gasteiger partial charge in [-0.2, -0.15) is 15.4 Å². The van der Waals surface area contributed by atoms with Gasteiger partial charge in [0.15, 0.2) is 0 Å². The van der Waals surface area contributed by atoms with Crippen molar-refractivity contribution < 1.29 is 14.3 Å². The molecule has 2 saturated heterocycles. The molecule has 2 aromatic carbocycles. The van der Waals surface area contributed by atoms with Crippen LogP contribution in [-0.4, -0.2) is 70.3 Å². The summed E-state index contributed by atoms with van der Waals surface area (Å²) in [5.74, 6) is 1.19. The number of nitrogens with zero attached hydrogens (tertiary/aromatic N) is 4. The number of H-pyrrole nitrogens is 1. The van der Waals surface area contributed by atoms with Gasteiger partial charge in [0, 0.05) is 54.7 Å². The van der Waals surface area contributed by atoms with Crippen molar-refractivity contribution >= 4 is 40.5 Å². The zero-order valence-electron chi connectivity index (χ0n) is 17.5. The Morgan fingerprint density at radius 2 is 1.75 bits per heavy atom. The predicted molar refractivity (Wildman–Crippen MR) is 120 cm³/mol. The highest BCUT2D eigenvalue weighted by atomic mass is 35.5. The fourth-order valence-electron chi connectivity index (χ4n) is 4.57. The van der Waals surface area contributed by atoms with E-state index in [1.165, 1.54) is 0 Å². The molecule has 0 spiro atoms. The number of benzene rings is 2. The Morgan fingerprint density at radius 3 is 2.50 bits per heavy atom. The van der Waals surface area contributed by atoms with Crippen LogP contribution in [0.25, 0.3) is 17.1 Å². The van der Waals surface area contributed by atoms with E-state index in [2.05, 4.69) is 15.4 Å². The van der Waals surface area contributed by atoms with Gasteiger partial charge >= 0.3 is 0 Å². The van der Waals surface area contributed by atoms with E-state index < -0.39 is 0 Å². The number of ether oxygens (including phenoxy) is 1. The van der Waals surface area contributed by atoms with E-state index in [4.69, 9.17) is 16.3 Å². The van der Waals surface area contributed by atoms with Crippen molar-refractivity contribution in [2.45, 2.75) is 0 Å². The number of likely N-dealkylation sites (tertiary alicyclic amines) is 2. The maximum Gasteiger partial charge on any atom is 0.253 e. The van der Waals surface area contributed by atoms with Gasteiger partial charge in [0.2, 0.25) is 5.91 Å². The number of carbonyl (C=O) groups is 2. The smallest absolute Gasteiger partial charge is 0.253 e. The first-order chi connectivity index (χ1) is 15.5. The van der Waals surface area contributed by atoms with Crippen molar-refractivity contribution in [2.75, 3.05) is 33.3 Å². The standard InChI is InChI=1S/C23H22ClN5O3/c1-32-19-7-14(6-18(24)9-19)2-5-22(30)28-10-16-12-29(13-17(16)11-28)23(31)15-3-4-20-21(8-15)26-27-25-20/h2-9,16-17H,10-13H2,1H3,(H,25,26,27)/t16-,17-/m1/s1. The summed E-state index contributed by atoms with van der Waals surface area (Å²) in [4.78, 5) is 29.4. The molecule has 2 aliphatic heterocycles. The van der Waals surface area contributed by atoms with Crippen molar-refractivity contribution in [3.05, 3.63) is 58.6 Å². The number of amides is 2. The molecule has 3 aromatic rings. The zero-order chi connectivity index (χ0) is 22.2. The number of rotatable bonds is 4. The van der Waals surface area contributed by atoms with E-state index in [1.54, 1.807) is 49.6 Å². The Bertz CT molecular complexity index is 1210. The molecule has 1 aromatic heterocycles. The second-order valence-electron chi connectivity index (χ2n) is 8.26. The quantitative estimate of drug-likeness (QED) is 0.616. The van der Waals surface area contributed by atoms with Crippen molar-refractivity contribution in [2.24, 2.45) is 11.8 Å². The summed E-state index contributed by atoms with van der Waals surface area (Å²) in [5.41, 5.74) is 2.83. The topological polar surface area (TPSA) is 91.4 Å². The van der Waals surface area contributed by atoms with Crippen LogP contribution >= 0.6 is 11.6 Å². The van der Waals surface area contributed by atoms with Crippen LogP contribution in [0.3, 0.4) is 0 Å². The van der Waals surface area contributed by atoms with E-state index in [9.17, 15) is 9.59 Å². The molecule has 0 unspecified atom stereocenters. The summed E-state index contributed by atoms with van der Waals surface area (Å²) >= 11 is 6.09. The van der Waals surface area contributed by atoms with Crippen molar-refractivity contribution in [1.82, 2.24) is 25.2 Å². The number of carbonyl (C=O) groups excluding carboxylic acids is 2. The molecule has 0 saturated carbocycles. The fourth-order valence-corrected chi connectivity index (χ4v) is 4.80. The number of hydrogen-bond acceptors (Lipinski definition) is 5. The molecule has 2 aliphatic rings. The van der Waals surface area contributed by atoms with Crippen LogP contribution in [0.4, 0.5) is 0 Å². The summed E-state index contributed by atoms with van der Waals surface area (Å²) in [6.45, 7) is 2.61. The Labute approximate surface area is 189 Å². The number of hydrogen-bond donors (Lipinski definition) is 1. The number of methoxy groups -OCH3 is 1. The number of halogens is 1. The third-order valence-corrected chi connectivity index (χ3v) is 6.41. The van der Waals surface area contributed by atoms with Crippen molar-refractivity contribution in [3.63, 3.8) is 0 Å². The predicted octanol–water partition coefficient (Wildman–Crippen LogP) is 2.86. The normalized spacial score (nSPS) is 20.3. The monoisotopic (exact) mass is 451 g/mol. The maximum absolute atomic E-state index is 13.0. The minimum absolute atomic E-state index is 0.00280. The van der Waals surface area contributed by atoms with Crippen LogP contribution in [0.5, 0.6) is 5.75 Å². The zero-order valence-corrected chi connectivity index (χ0v) is 18.2. The second kappa shape index (κ2) is 8.27. The lowest BCUT2D eigenvalue weighted by molar-refractivity contribution is -0.125. The summed E-state index contributed by atoms with van der Waals surface area (Å²) in [6.07, 6.45) is 3.32. The molecule has 164 valence electrons. The first kappa shape index (κ1) is 20.5. The van der Waals surface area contributed by atoms with Crippen LogP contribution in [0.2, 0.25) is 5.02 Å². The minimum Gasteiger partial charge on any atom is -0.497 e. The van der Waals surface area contributed by atoms with Gasteiger partial charge in [0.1, 0.15) is 16.8 Å². The molecule has 8 nitrogen and oxygen atoms in total. The number of nitrogens with one attached hydrogen (secondary N) is 1. The largest absolute Gasteiger partial charge is 0.497 e. The van der Waals surface area contributed by atoms with Gasteiger partial charge in [-0.05, 0) is 48.0 Å². The molecule has 2 atom stereocenters. The SMILES string of the molecule is COc1cc(Cl)cc(C=CC(=O)N2C[C@@H]3CN(C(=O)c4ccc5n[nH]nc5c4)C[C@H]3C2)c1. The summed E-state index contributed by atoms with van der Waals surface area (Å²) in [6, 6.07) is 10.7. The third-order valence-electron chi connectivity index (χ3n) is 6.20. The van der Waals surface area contributed by atoms with Crippen molar-refractivity contribution in [1.29, 1.82) is 0 Å². The summed E-state index contributed by atoms with van der Waals surface area (Å²) in [7, 11) is 1.58. The Balaban J connectivity index is 1.20. The minimum atomic E-state index is -0.0345. The molecular weight excluding hydrogens is 430 g/mol. The van der Waals surface area contributed by atoms with Gasteiger partial charge < -0.3 is 14.5 Å². The van der Waals surface area contributed by atoms with Gasteiger partial charge in [-0.15, -0.1) is 0 Å². The fraction of sp³-hybridized carbons (Fsp3) is 0.304. The molecule has 1 N–H and O–H groups in total. The van der Waals surface area contributed by atoms with E-state index in [0.717, 1.165) is 11.1 Å². The number of aromatic amines is 1. The van der Waals surface area contributed by atoms with E-state index in [0.29, 0.717) is 59.9 Å². The lowest BCUT2D eigenvalue weighted by atomic mass is 10.0. The van der Waals surface area contributed by atoms with E-state index >= 15 is 0 Å². The molecular formula is C23H22ClN5O3. The van der Waals surface area contributed by atoms with E-state index in [-0.39, 0.29) is 11.8 Å². The van der Waals surface area contributed by atoms with Gasteiger partial charge in [-0.1, -0.05) is 11.6 Å². The molecule has 3 heterocycles. The molecule has 0 aliphatic carbocycles. The first-order valence-electron chi connectivity index (χ1n) is 10.4. The van der Waals surface area contributed by atoms with Gasteiger partial charge in [-0.3, -0.25) is 9.59 Å². The van der Waals surface area contributed by atoms with Gasteiger partial charge in [0.25, 0.3) is 5.91 Å². The van der Waals surface area contributed by atoms with Crippen LogP contribution < -0.4 is 4.74 Å². The average molecular weight is 452 g/mol.